The molecule has 2 heterocycles. The van der Waals surface area contributed by atoms with Crippen molar-refractivity contribution in [3.05, 3.63) is 54.1 Å². The lowest BCUT2D eigenvalue weighted by Crippen LogP contribution is -2.52. The van der Waals surface area contributed by atoms with Crippen molar-refractivity contribution in [1.29, 1.82) is 0 Å². The number of anilines is 1. The molecular formula is C23H27N3O6S. The van der Waals surface area contributed by atoms with Gasteiger partial charge in [0.25, 0.3) is 21.8 Å². The minimum Gasteiger partial charge on any atom is -0.497 e. The minimum absolute atomic E-state index is 0.00137. The molecule has 33 heavy (non-hydrogen) atoms. The molecule has 0 spiro atoms. The Labute approximate surface area is 193 Å². The highest BCUT2D eigenvalue weighted by molar-refractivity contribution is 7.92. The van der Waals surface area contributed by atoms with Gasteiger partial charge in [-0.3, -0.25) is 14.3 Å². The van der Waals surface area contributed by atoms with Gasteiger partial charge in [-0.25, -0.2) is 8.42 Å². The molecule has 2 aromatic carbocycles. The molecule has 1 N–H and O–H groups in total. The van der Waals surface area contributed by atoms with Crippen LogP contribution < -0.4 is 9.46 Å². The second kappa shape index (κ2) is 9.80. The Balaban J connectivity index is 1.35. The number of ether oxygens (including phenoxy) is 2. The fourth-order valence-electron chi connectivity index (χ4n) is 3.94. The summed E-state index contributed by atoms with van der Waals surface area (Å²) in [6.07, 6.45) is 1.30. The maximum Gasteiger partial charge on any atom is 0.261 e. The molecule has 176 valence electrons. The van der Waals surface area contributed by atoms with Crippen molar-refractivity contribution in [2.24, 2.45) is 0 Å². The lowest BCUT2D eigenvalue weighted by Gasteiger charge is -2.35. The maximum atomic E-state index is 12.9. The number of benzene rings is 2. The van der Waals surface area contributed by atoms with Gasteiger partial charge in [0.15, 0.2) is 0 Å². The van der Waals surface area contributed by atoms with Crippen LogP contribution in [0.3, 0.4) is 0 Å². The van der Waals surface area contributed by atoms with E-state index in [9.17, 15) is 18.0 Å². The molecule has 2 amide bonds. The second-order valence-corrected chi connectivity index (χ2v) is 9.66. The Bertz CT molecular complexity index is 1090. The predicted octanol–water partition coefficient (Wildman–Crippen LogP) is 1.96. The first-order valence-electron chi connectivity index (χ1n) is 10.8. The molecule has 2 fully saturated rings. The summed E-state index contributed by atoms with van der Waals surface area (Å²) < 4.78 is 38.4. The van der Waals surface area contributed by atoms with Gasteiger partial charge in [0, 0.05) is 44.0 Å². The molecule has 1 atom stereocenters. The first kappa shape index (κ1) is 23.1. The Kier molecular flexibility index (Phi) is 6.85. The van der Waals surface area contributed by atoms with Crippen molar-refractivity contribution in [3.63, 3.8) is 0 Å². The molecule has 2 aliphatic heterocycles. The number of hydrogen-bond donors (Lipinski definition) is 1. The van der Waals surface area contributed by atoms with Crippen LogP contribution in [0, 0.1) is 0 Å². The zero-order valence-corrected chi connectivity index (χ0v) is 19.2. The monoisotopic (exact) mass is 473 g/mol. The molecule has 1 unspecified atom stereocenters. The van der Waals surface area contributed by atoms with E-state index in [1.54, 1.807) is 34.1 Å². The van der Waals surface area contributed by atoms with Gasteiger partial charge < -0.3 is 19.3 Å². The Morgan fingerprint density at radius 3 is 2.18 bits per heavy atom. The zero-order chi connectivity index (χ0) is 23.4. The van der Waals surface area contributed by atoms with E-state index in [0.717, 1.165) is 12.8 Å². The molecule has 0 bridgehead atoms. The molecule has 10 heteroatoms. The molecule has 2 saturated heterocycles. The number of nitrogens with zero attached hydrogens (tertiary/aromatic N) is 2. The van der Waals surface area contributed by atoms with Gasteiger partial charge in [0.05, 0.1) is 12.0 Å². The van der Waals surface area contributed by atoms with E-state index in [0.29, 0.717) is 49.8 Å². The van der Waals surface area contributed by atoms with E-state index in [1.165, 1.54) is 31.4 Å². The average Bonchev–Trinajstić information content (AvgIpc) is 3.39. The summed E-state index contributed by atoms with van der Waals surface area (Å²) in [5.41, 5.74) is 0.809. The molecule has 2 aliphatic rings. The number of carbonyl (C=O) groups is 2. The van der Waals surface area contributed by atoms with E-state index < -0.39 is 10.0 Å². The lowest BCUT2D eigenvalue weighted by atomic mass is 10.1. The molecule has 0 aliphatic carbocycles. The summed E-state index contributed by atoms with van der Waals surface area (Å²) in [7, 11) is -2.26. The molecule has 9 nitrogen and oxygen atoms in total. The first-order valence-corrected chi connectivity index (χ1v) is 12.3. The summed E-state index contributed by atoms with van der Waals surface area (Å²) in [4.78, 5) is 28.8. The Hall–Kier alpha value is -3.11. The van der Waals surface area contributed by atoms with Crippen molar-refractivity contribution in [3.8, 4) is 5.75 Å². The van der Waals surface area contributed by atoms with E-state index in [4.69, 9.17) is 9.47 Å². The number of hydrogen-bond acceptors (Lipinski definition) is 6. The van der Waals surface area contributed by atoms with E-state index in [-0.39, 0.29) is 22.8 Å². The van der Waals surface area contributed by atoms with Crippen LogP contribution in [0.1, 0.15) is 23.2 Å². The third-order valence-electron chi connectivity index (χ3n) is 5.84. The molecule has 0 aromatic heterocycles. The van der Waals surface area contributed by atoms with Crippen molar-refractivity contribution in [2.75, 3.05) is 44.6 Å². The van der Waals surface area contributed by atoms with Crippen LogP contribution >= 0.6 is 0 Å². The van der Waals surface area contributed by atoms with Gasteiger partial charge >= 0.3 is 0 Å². The summed E-state index contributed by atoms with van der Waals surface area (Å²) in [5, 5.41) is 0. The third-order valence-corrected chi connectivity index (χ3v) is 7.23. The van der Waals surface area contributed by atoms with Gasteiger partial charge in [-0.15, -0.1) is 0 Å². The highest BCUT2D eigenvalue weighted by atomic mass is 32.2. The van der Waals surface area contributed by atoms with Gasteiger partial charge in [0.1, 0.15) is 11.9 Å². The van der Waals surface area contributed by atoms with E-state index >= 15 is 0 Å². The van der Waals surface area contributed by atoms with Gasteiger partial charge in [-0.2, -0.15) is 0 Å². The number of piperazine rings is 1. The van der Waals surface area contributed by atoms with Crippen LogP contribution in [0.2, 0.25) is 0 Å². The van der Waals surface area contributed by atoms with Gasteiger partial charge in [-0.1, -0.05) is 0 Å². The Morgan fingerprint density at radius 2 is 1.61 bits per heavy atom. The number of methoxy groups -OCH3 is 1. The lowest BCUT2D eigenvalue weighted by molar-refractivity contribution is -0.142. The summed E-state index contributed by atoms with van der Waals surface area (Å²) in [6.45, 7) is 2.40. The standard InChI is InChI=1S/C23H27N3O6S/c1-31-19-8-6-18(7-9-19)24-33(29,30)20-10-4-17(5-11-20)22(27)25-12-14-26(15-13-25)23(28)21-3-2-16-32-21/h4-11,21,24H,2-3,12-16H2,1H3. The van der Waals surface area contributed by atoms with Crippen molar-refractivity contribution in [1.82, 2.24) is 9.80 Å². The molecule has 0 saturated carbocycles. The minimum atomic E-state index is -3.80. The SMILES string of the molecule is COc1ccc(NS(=O)(=O)c2ccc(C(=O)N3CCN(C(=O)C4CCCO4)CC3)cc2)cc1. The number of carbonyl (C=O) groups excluding carboxylic acids is 2. The van der Waals surface area contributed by atoms with Crippen LogP contribution in [-0.4, -0.2) is 76.0 Å². The zero-order valence-electron chi connectivity index (χ0n) is 18.4. The van der Waals surface area contributed by atoms with Crippen molar-refractivity contribution in [2.45, 2.75) is 23.8 Å². The molecular weight excluding hydrogens is 446 g/mol. The van der Waals surface area contributed by atoms with Crippen LogP contribution in [0.4, 0.5) is 5.69 Å². The van der Waals surface area contributed by atoms with Crippen molar-refractivity contribution < 1.29 is 27.5 Å². The Morgan fingerprint density at radius 1 is 0.970 bits per heavy atom. The van der Waals surface area contributed by atoms with Crippen LogP contribution in [-0.2, 0) is 19.6 Å². The quantitative estimate of drug-likeness (QED) is 0.688. The fourth-order valence-corrected chi connectivity index (χ4v) is 5.00. The van der Waals surface area contributed by atoms with E-state index in [1.807, 2.05) is 0 Å². The highest BCUT2D eigenvalue weighted by Gasteiger charge is 2.31. The van der Waals surface area contributed by atoms with Gasteiger partial charge in [-0.05, 0) is 61.4 Å². The molecule has 4 rings (SSSR count). The topological polar surface area (TPSA) is 105 Å². The number of amides is 2. The van der Waals surface area contributed by atoms with Crippen LogP contribution in [0.15, 0.2) is 53.4 Å². The average molecular weight is 474 g/mol. The highest BCUT2D eigenvalue weighted by Crippen LogP contribution is 2.21. The summed E-state index contributed by atoms with van der Waals surface area (Å²) in [6, 6.07) is 12.4. The normalized spacial score (nSPS) is 18.8. The van der Waals surface area contributed by atoms with Crippen LogP contribution in [0.5, 0.6) is 5.75 Å². The smallest absolute Gasteiger partial charge is 0.261 e. The second-order valence-electron chi connectivity index (χ2n) is 7.98. The summed E-state index contributed by atoms with van der Waals surface area (Å²) in [5.74, 6) is 0.433. The largest absolute Gasteiger partial charge is 0.497 e. The third kappa shape index (κ3) is 5.28. The molecule has 2 aromatic rings. The number of rotatable bonds is 6. The van der Waals surface area contributed by atoms with Gasteiger partial charge in [0.2, 0.25) is 0 Å². The van der Waals surface area contributed by atoms with Crippen LogP contribution in [0.25, 0.3) is 0 Å². The first-order chi connectivity index (χ1) is 15.9. The maximum absolute atomic E-state index is 12.9. The van der Waals surface area contributed by atoms with Crippen molar-refractivity contribution >= 4 is 27.5 Å². The predicted molar refractivity (Wildman–Crippen MR) is 122 cm³/mol. The number of nitrogens with one attached hydrogen (secondary N) is 1. The number of sulfonamides is 1. The summed E-state index contributed by atoms with van der Waals surface area (Å²) >= 11 is 0. The fraction of sp³-hybridized carbons (Fsp3) is 0.391. The van der Waals surface area contributed by atoms with E-state index in [2.05, 4.69) is 4.72 Å². The molecule has 0 radical (unpaired) electrons.